The van der Waals surface area contributed by atoms with Gasteiger partial charge in [0.25, 0.3) is 5.91 Å². The number of tetrazole rings is 1. The van der Waals surface area contributed by atoms with Gasteiger partial charge in [-0.1, -0.05) is 0 Å². The van der Waals surface area contributed by atoms with Crippen molar-refractivity contribution < 1.29 is 4.79 Å². The molecule has 0 atom stereocenters. The molecule has 11 heteroatoms. The molecule has 0 spiro atoms. The van der Waals surface area contributed by atoms with Gasteiger partial charge in [0.05, 0.1) is 5.69 Å². The van der Waals surface area contributed by atoms with Crippen LogP contribution in [0.4, 0.5) is 5.69 Å². The number of hydrogen-bond donors (Lipinski definition) is 1. The first-order valence-corrected chi connectivity index (χ1v) is 7.13. The number of nitrogens with zero attached hydrogens (tertiary/aromatic N) is 9. The second kappa shape index (κ2) is 6.23. The summed E-state index contributed by atoms with van der Waals surface area (Å²) in [6.45, 7) is 0. The summed E-state index contributed by atoms with van der Waals surface area (Å²) >= 11 is 0. The quantitative estimate of drug-likeness (QED) is 0.563. The Morgan fingerprint density at radius 1 is 0.960 bits per heavy atom. The lowest BCUT2D eigenvalue weighted by Crippen LogP contribution is -2.15. The molecule has 1 N–H and O–H groups in total. The highest BCUT2D eigenvalue weighted by molar-refractivity contribution is 6.02. The van der Waals surface area contributed by atoms with E-state index in [1.54, 1.807) is 36.4 Å². The van der Waals surface area contributed by atoms with Crippen LogP contribution in [0, 0.1) is 0 Å². The fourth-order valence-electron chi connectivity index (χ4n) is 2.07. The molecule has 3 heterocycles. The van der Waals surface area contributed by atoms with Gasteiger partial charge in [-0.15, -0.1) is 15.3 Å². The molecule has 4 aromatic rings. The van der Waals surface area contributed by atoms with Gasteiger partial charge < -0.3 is 5.32 Å². The maximum atomic E-state index is 12.2. The molecule has 4 rings (SSSR count). The van der Waals surface area contributed by atoms with Crippen molar-refractivity contribution in [1.29, 1.82) is 0 Å². The standard InChI is InChI=1S/C14H10N10O/c25-14(12-5-6-13(20-19-12)24-8-15-7-17-24)18-10-1-3-11(4-2-10)23-9-16-21-22-23/h1-9H,(H,18,25). The highest BCUT2D eigenvalue weighted by atomic mass is 16.1. The predicted molar refractivity (Wildman–Crippen MR) is 84.1 cm³/mol. The van der Waals surface area contributed by atoms with Gasteiger partial charge in [0.1, 0.15) is 19.0 Å². The molecular formula is C14H10N10O. The third-order valence-electron chi connectivity index (χ3n) is 3.28. The van der Waals surface area contributed by atoms with Crippen molar-refractivity contribution in [3.05, 3.63) is 61.1 Å². The largest absolute Gasteiger partial charge is 0.321 e. The fraction of sp³-hybridized carbons (Fsp3) is 0. The maximum Gasteiger partial charge on any atom is 0.276 e. The number of rotatable bonds is 4. The molecule has 0 saturated heterocycles. The van der Waals surface area contributed by atoms with Crippen molar-refractivity contribution >= 4 is 11.6 Å². The second-order valence-corrected chi connectivity index (χ2v) is 4.87. The first kappa shape index (κ1) is 14.6. The number of amides is 1. The summed E-state index contributed by atoms with van der Waals surface area (Å²) < 4.78 is 2.96. The number of anilines is 1. The van der Waals surface area contributed by atoms with Crippen LogP contribution in [-0.2, 0) is 0 Å². The van der Waals surface area contributed by atoms with Gasteiger partial charge in [0.2, 0.25) is 0 Å². The zero-order valence-electron chi connectivity index (χ0n) is 12.6. The lowest BCUT2D eigenvalue weighted by atomic mass is 10.2. The molecule has 1 amide bonds. The lowest BCUT2D eigenvalue weighted by molar-refractivity contribution is 0.102. The Hall–Kier alpha value is -4.02. The van der Waals surface area contributed by atoms with Crippen LogP contribution in [0.1, 0.15) is 10.5 Å². The van der Waals surface area contributed by atoms with Crippen molar-refractivity contribution in [3.8, 4) is 11.5 Å². The van der Waals surface area contributed by atoms with Crippen molar-refractivity contribution in [2.75, 3.05) is 5.32 Å². The molecule has 0 radical (unpaired) electrons. The number of benzene rings is 1. The fourth-order valence-corrected chi connectivity index (χ4v) is 2.07. The minimum atomic E-state index is -0.368. The van der Waals surface area contributed by atoms with E-state index in [9.17, 15) is 4.79 Å². The van der Waals surface area contributed by atoms with Gasteiger partial charge >= 0.3 is 0 Å². The zero-order chi connectivity index (χ0) is 17.1. The summed E-state index contributed by atoms with van der Waals surface area (Å²) in [7, 11) is 0. The minimum absolute atomic E-state index is 0.188. The van der Waals surface area contributed by atoms with Gasteiger partial charge in [0, 0.05) is 5.69 Å². The van der Waals surface area contributed by atoms with E-state index in [2.05, 4.69) is 41.1 Å². The van der Waals surface area contributed by atoms with E-state index >= 15 is 0 Å². The Balaban J connectivity index is 1.46. The second-order valence-electron chi connectivity index (χ2n) is 4.87. The Kier molecular flexibility index (Phi) is 3.63. The Morgan fingerprint density at radius 2 is 1.84 bits per heavy atom. The molecule has 0 saturated carbocycles. The first-order valence-electron chi connectivity index (χ1n) is 7.13. The monoisotopic (exact) mass is 334 g/mol. The number of carbonyl (C=O) groups is 1. The molecular weight excluding hydrogens is 324 g/mol. The van der Waals surface area contributed by atoms with Gasteiger partial charge in [-0.2, -0.15) is 5.10 Å². The zero-order valence-corrected chi connectivity index (χ0v) is 12.6. The molecule has 11 nitrogen and oxygen atoms in total. The third kappa shape index (κ3) is 3.06. The van der Waals surface area contributed by atoms with E-state index in [1.165, 1.54) is 28.3 Å². The van der Waals surface area contributed by atoms with Gasteiger partial charge in [0.15, 0.2) is 11.5 Å². The van der Waals surface area contributed by atoms with E-state index in [4.69, 9.17) is 0 Å². The summed E-state index contributed by atoms with van der Waals surface area (Å²) in [5, 5.41) is 25.5. The van der Waals surface area contributed by atoms with E-state index in [-0.39, 0.29) is 11.6 Å². The average Bonchev–Trinajstić information content (AvgIpc) is 3.36. The van der Waals surface area contributed by atoms with Crippen molar-refractivity contribution in [1.82, 2.24) is 45.2 Å². The third-order valence-corrected chi connectivity index (χ3v) is 3.28. The molecule has 1 aromatic carbocycles. The van der Waals surface area contributed by atoms with E-state index < -0.39 is 0 Å². The van der Waals surface area contributed by atoms with Crippen LogP contribution >= 0.6 is 0 Å². The summed E-state index contributed by atoms with van der Waals surface area (Å²) in [4.78, 5) is 16.1. The van der Waals surface area contributed by atoms with Crippen LogP contribution in [0.2, 0.25) is 0 Å². The van der Waals surface area contributed by atoms with Gasteiger partial charge in [-0.25, -0.2) is 14.3 Å². The van der Waals surface area contributed by atoms with Crippen LogP contribution in [0.15, 0.2) is 55.4 Å². The summed E-state index contributed by atoms with van der Waals surface area (Å²) in [6.07, 6.45) is 4.37. The Labute approximate surface area is 140 Å². The molecule has 122 valence electrons. The highest BCUT2D eigenvalue weighted by Crippen LogP contribution is 2.13. The van der Waals surface area contributed by atoms with Crippen LogP contribution in [0.3, 0.4) is 0 Å². The normalized spacial score (nSPS) is 10.6. The minimum Gasteiger partial charge on any atom is -0.321 e. The molecule has 0 fully saturated rings. The Bertz CT molecular complexity index is 962. The number of carbonyl (C=O) groups excluding carboxylic acids is 1. The van der Waals surface area contributed by atoms with E-state index in [0.29, 0.717) is 11.5 Å². The lowest BCUT2D eigenvalue weighted by Gasteiger charge is -2.06. The highest BCUT2D eigenvalue weighted by Gasteiger charge is 2.10. The molecule has 0 bridgehead atoms. The SMILES string of the molecule is O=C(Nc1ccc(-n2cnnn2)cc1)c1ccc(-n2cncn2)nn1. The smallest absolute Gasteiger partial charge is 0.276 e. The maximum absolute atomic E-state index is 12.2. The topological polar surface area (TPSA) is 129 Å². The van der Waals surface area contributed by atoms with Crippen molar-refractivity contribution in [2.45, 2.75) is 0 Å². The molecule has 0 aliphatic heterocycles. The number of hydrogen-bond acceptors (Lipinski definition) is 8. The van der Waals surface area contributed by atoms with Crippen LogP contribution in [0.25, 0.3) is 11.5 Å². The summed E-state index contributed by atoms with van der Waals surface area (Å²) in [6, 6.07) is 10.3. The molecule has 25 heavy (non-hydrogen) atoms. The molecule has 0 aliphatic rings. The summed E-state index contributed by atoms with van der Waals surface area (Å²) in [5.41, 5.74) is 1.58. The van der Waals surface area contributed by atoms with Crippen LogP contribution in [0.5, 0.6) is 0 Å². The van der Waals surface area contributed by atoms with Crippen LogP contribution in [-0.4, -0.2) is 51.1 Å². The molecule has 3 aromatic heterocycles. The van der Waals surface area contributed by atoms with Gasteiger partial charge in [-0.3, -0.25) is 4.79 Å². The molecule has 0 aliphatic carbocycles. The van der Waals surface area contributed by atoms with E-state index in [0.717, 1.165) is 5.69 Å². The predicted octanol–water partition coefficient (Wildman–Crippen LogP) is 0.285. The Morgan fingerprint density at radius 3 is 2.48 bits per heavy atom. The van der Waals surface area contributed by atoms with Crippen molar-refractivity contribution in [2.24, 2.45) is 0 Å². The first-order chi connectivity index (χ1) is 12.3. The van der Waals surface area contributed by atoms with Crippen molar-refractivity contribution in [3.63, 3.8) is 0 Å². The van der Waals surface area contributed by atoms with E-state index in [1.807, 2.05) is 0 Å². The number of aromatic nitrogens is 9. The molecule has 0 unspecified atom stereocenters. The van der Waals surface area contributed by atoms with Crippen LogP contribution < -0.4 is 5.32 Å². The average molecular weight is 334 g/mol. The van der Waals surface area contributed by atoms with Gasteiger partial charge in [-0.05, 0) is 46.8 Å². The number of nitrogens with one attached hydrogen (secondary N) is 1. The summed E-state index contributed by atoms with van der Waals surface area (Å²) in [5.74, 6) is 0.104.